The third-order valence-corrected chi connectivity index (χ3v) is 7.88. The largest absolute Gasteiger partial charge is 0.471 e. The van der Waals surface area contributed by atoms with Gasteiger partial charge in [-0.15, -0.1) is 0 Å². The third kappa shape index (κ3) is 3.84. The lowest BCUT2D eigenvalue weighted by Crippen LogP contribution is -2.57. The first kappa shape index (κ1) is 24.3. The predicted octanol–water partition coefficient (Wildman–Crippen LogP) is 2.23. The van der Waals surface area contributed by atoms with E-state index in [1.54, 1.807) is 20.8 Å². The molecule has 178 valence electrons. The summed E-state index contributed by atoms with van der Waals surface area (Å²) >= 11 is 0. The van der Waals surface area contributed by atoms with Gasteiger partial charge in [-0.25, -0.2) is 0 Å². The van der Waals surface area contributed by atoms with E-state index in [1.165, 1.54) is 4.90 Å². The molecule has 2 N–H and O–H groups in total. The van der Waals surface area contributed by atoms with Crippen molar-refractivity contribution in [3.05, 3.63) is 0 Å². The van der Waals surface area contributed by atoms with Crippen LogP contribution in [0.1, 0.15) is 47.5 Å². The topological polar surface area (TPSA) is 102 Å². The van der Waals surface area contributed by atoms with Crippen LogP contribution in [0.3, 0.4) is 0 Å². The van der Waals surface area contributed by atoms with Gasteiger partial charge in [-0.3, -0.25) is 14.4 Å². The lowest BCUT2D eigenvalue weighted by molar-refractivity contribution is -0.176. The van der Waals surface area contributed by atoms with E-state index >= 15 is 0 Å². The lowest BCUT2D eigenvalue weighted by Gasteiger charge is -2.36. The number of nitrogens with one attached hydrogen (secondary N) is 2. The molecule has 2 saturated heterocycles. The van der Waals surface area contributed by atoms with E-state index in [1.807, 2.05) is 19.2 Å². The summed E-state index contributed by atoms with van der Waals surface area (Å²) < 4.78 is 38.5. The Kier molecular flexibility index (Phi) is 5.80. The molecule has 0 aromatic heterocycles. The standard InChI is InChI=1S/C22H31F3N4O3/c1-19(2,3)15(28-18(32)22(23,24)25)17(31)29-10-14-20(4,5)21(14,11-29)13(9-26)8-12-6-7-27-16(12)30/h12-15H,6-8,10-11H2,1-5H3,(H,27,30)(H,28,32)/t12-,13-,14?,15-,21?/m1/s1. The van der Waals surface area contributed by atoms with Crippen molar-refractivity contribution in [2.24, 2.45) is 34.0 Å². The summed E-state index contributed by atoms with van der Waals surface area (Å²) in [6.45, 7) is 9.98. The highest BCUT2D eigenvalue weighted by Crippen LogP contribution is 2.76. The van der Waals surface area contributed by atoms with E-state index in [-0.39, 0.29) is 29.7 Å². The van der Waals surface area contributed by atoms with Crippen molar-refractivity contribution in [1.29, 1.82) is 5.26 Å². The summed E-state index contributed by atoms with van der Waals surface area (Å²) in [6, 6.07) is 1.01. The molecule has 1 saturated carbocycles. The first-order valence-corrected chi connectivity index (χ1v) is 10.9. The Bertz CT molecular complexity index is 858. The molecule has 0 bridgehead atoms. The minimum atomic E-state index is -5.09. The fraction of sp³-hybridized carbons (Fsp3) is 0.818. The smallest absolute Gasteiger partial charge is 0.356 e. The average molecular weight is 457 g/mol. The van der Waals surface area contributed by atoms with E-state index in [4.69, 9.17) is 0 Å². The highest BCUT2D eigenvalue weighted by Gasteiger charge is 2.78. The molecule has 3 aliphatic rings. The van der Waals surface area contributed by atoms with Gasteiger partial charge in [0.2, 0.25) is 11.8 Å². The molecule has 32 heavy (non-hydrogen) atoms. The second-order valence-corrected chi connectivity index (χ2v) is 11.0. The Morgan fingerprint density at radius 3 is 2.41 bits per heavy atom. The van der Waals surface area contributed by atoms with Gasteiger partial charge in [0.15, 0.2) is 0 Å². The van der Waals surface area contributed by atoms with E-state index < -0.39 is 40.8 Å². The third-order valence-electron chi connectivity index (χ3n) is 7.88. The normalized spacial score (nSPS) is 30.7. The molecule has 0 aromatic rings. The summed E-state index contributed by atoms with van der Waals surface area (Å²) in [4.78, 5) is 38.4. The first-order valence-electron chi connectivity index (χ1n) is 10.9. The van der Waals surface area contributed by atoms with E-state index in [2.05, 4.69) is 11.4 Å². The number of carbonyl (C=O) groups excluding carboxylic acids is 3. The maximum atomic E-state index is 13.3. The number of nitrogens with zero attached hydrogens (tertiary/aromatic N) is 2. The molecule has 0 radical (unpaired) electrons. The van der Waals surface area contributed by atoms with Crippen molar-refractivity contribution >= 4 is 17.7 Å². The maximum absolute atomic E-state index is 13.3. The SMILES string of the molecule is CC(C)(C)[C@H](NC(=O)C(F)(F)F)C(=O)N1CC2C(C)(C)C2([C@@H](C#N)C[C@H]2CCNC2=O)C1. The number of piperidine rings is 1. The second kappa shape index (κ2) is 7.63. The van der Waals surface area contributed by atoms with Crippen molar-refractivity contribution < 1.29 is 27.6 Å². The summed E-state index contributed by atoms with van der Waals surface area (Å²) in [5.74, 6) is -3.48. The monoisotopic (exact) mass is 456 g/mol. The molecule has 3 fully saturated rings. The zero-order valence-corrected chi connectivity index (χ0v) is 19.1. The molecule has 10 heteroatoms. The molecule has 3 rings (SSSR count). The van der Waals surface area contributed by atoms with Gasteiger partial charge in [-0.2, -0.15) is 18.4 Å². The van der Waals surface area contributed by atoms with Crippen LogP contribution in [0, 0.1) is 45.3 Å². The minimum Gasteiger partial charge on any atom is -0.356 e. The van der Waals surface area contributed by atoms with Crippen molar-refractivity contribution in [3.63, 3.8) is 0 Å². The summed E-state index contributed by atoms with van der Waals surface area (Å²) in [6.07, 6.45) is -4.03. The number of rotatable bonds is 5. The predicted molar refractivity (Wildman–Crippen MR) is 109 cm³/mol. The van der Waals surface area contributed by atoms with E-state index in [9.17, 15) is 32.8 Å². The van der Waals surface area contributed by atoms with Crippen LogP contribution in [0.4, 0.5) is 13.2 Å². The van der Waals surface area contributed by atoms with Gasteiger partial charge in [0, 0.05) is 31.0 Å². The quantitative estimate of drug-likeness (QED) is 0.662. The number of nitriles is 1. The highest BCUT2D eigenvalue weighted by molar-refractivity contribution is 5.90. The molecule has 0 spiro atoms. The van der Waals surface area contributed by atoms with E-state index in [0.29, 0.717) is 25.9 Å². The van der Waals surface area contributed by atoms with Gasteiger partial charge in [0.05, 0.1) is 12.0 Å². The summed E-state index contributed by atoms with van der Waals surface area (Å²) in [7, 11) is 0. The molecule has 3 amide bonds. The van der Waals surface area contributed by atoms with Crippen LogP contribution in [-0.2, 0) is 14.4 Å². The number of likely N-dealkylation sites (tertiary alicyclic amines) is 1. The summed E-state index contributed by atoms with van der Waals surface area (Å²) in [5, 5.41) is 14.6. The molecular formula is C22H31F3N4O3. The van der Waals surface area contributed by atoms with Crippen molar-refractivity contribution in [1.82, 2.24) is 15.5 Å². The molecule has 5 atom stereocenters. The second-order valence-electron chi connectivity index (χ2n) is 11.0. The zero-order valence-electron chi connectivity index (χ0n) is 19.1. The van der Waals surface area contributed by atoms with E-state index in [0.717, 1.165) is 0 Å². The number of amides is 3. The zero-order chi connectivity index (χ0) is 24.3. The van der Waals surface area contributed by atoms with Gasteiger partial charge in [-0.1, -0.05) is 34.6 Å². The van der Waals surface area contributed by atoms with Crippen LogP contribution in [0.15, 0.2) is 0 Å². The maximum Gasteiger partial charge on any atom is 0.471 e. The number of hydrogen-bond acceptors (Lipinski definition) is 4. The van der Waals surface area contributed by atoms with Crippen LogP contribution in [0.25, 0.3) is 0 Å². The fourth-order valence-corrected chi connectivity index (χ4v) is 5.85. The molecule has 1 aliphatic carbocycles. The van der Waals surface area contributed by atoms with Crippen molar-refractivity contribution in [3.8, 4) is 6.07 Å². The van der Waals surface area contributed by atoms with Crippen molar-refractivity contribution in [2.45, 2.75) is 59.7 Å². The molecule has 7 nitrogen and oxygen atoms in total. The minimum absolute atomic E-state index is 0.00648. The van der Waals surface area contributed by atoms with Gasteiger partial charge >= 0.3 is 12.1 Å². The Morgan fingerprint density at radius 2 is 1.94 bits per heavy atom. The highest BCUT2D eigenvalue weighted by atomic mass is 19.4. The van der Waals surface area contributed by atoms with Crippen LogP contribution in [0.5, 0.6) is 0 Å². The number of halogens is 3. The van der Waals surface area contributed by atoms with Gasteiger partial charge < -0.3 is 15.5 Å². The van der Waals surface area contributed by atoms with Crippen LogP contribution in [-0.4, -0.2) is 54.5 Å². The number of alkyl halides is 3. The summed E-state index contributed by atoms with van der Waals surface area (Å²) in [5.41, 5.74) is -1.69. The molecule has 2 unspecified atom stereocenters. The molecule has 0 aromatic carbocycles. The Balaban J connectivity index is 1.80. The molecular weight excluding hydrogens is 425 g/mol. The average Bonchev–Trinajstić information content (AvgIpc) is 3.07. The number of fused-ring (bicyclic) bond motifs is 1. The van der Waals surface area contributed by atoms with Gasteiger partial charge in [0.1, 0.15) is 6.04 Å². The Morgan fingerprint density at radius 1 is 1.31 bits per heavy atom. The Labute approximate surface area is 186 Å². The fourth-order valence-electron chi connectivity index (χ4n) is 5.85. The number of carbonyl (C=O) groups is 3. The first-order chi connectivity index (χ1) is 14.6. The molecule has 2 aliphatic heterocycles. The van der Waals surface area contributed by atoms with Crippen LogP contribution < -0.4 is 10.6 Å². The Hall–Kier alpha value is -2.31. The van der Waals surface area contributed by atoms with Crippen LogP contribution in [0.2, 0.25) is 0 Å². The van der Waals surface area contributed by atoms with Gasteiger partial charge in [0.25, 0.3) is 0 Å². The van der Waals surface area contributed by atoms with Gasteiger partial charge in [-0.05, 0) is 29.6 Å². The number of hydrogen-bond donors (Lipinski definition) is 2. The lowest BCUT2D eigenvalue weighted by atomic mass is 9.77. The van der Waals surface area contributed by atoms with Crippen LogP contribution >= 0.6 is 0 Å². The molecule has 2 heterocycles. The van der Waals surface area contributed by atoms with Crippen molar-refractivity contribution in [2.75, 3.05) is 19.6 Å².